The Labute approximate surface area is 238 Å². The Morgan fingerprint density at radius 2 is 1.90 bits per heavy atom. The first kappa shape index (κ1) is 28.0. The molecule has 8 heteroatoms. The van der Waals surface area contributed by atoms with Crippen molar-refractivity contribution in [3.8, 4) is 17.0 Å². The normalized spacial score (nSPS) is 18.6. The summed E-state index contributed by atoms with van der Waals surface area (Å²) in [6.45, 7) is 10.7. The fourth-order valence-electron chi connectivity index (χ4n) is 5.59. The van der Waals surface area contributed by atoms with E-state index < -0.39 is 5.60 Å². The molecule has 1 unspecified atom stereocenters. The summed E-state index contributed by atoms with van der Waals surface area (Å²) in [4.78, 5) is 26.5. The highest BCUT2D eigenvalue weighted by molar-refractivity contribution is 5.69. The summed E-state index contributed by atoms with van der Waals surface area (Å²) >= 11 is 0. The summed E-state index contributed by atoms with van der Waals surface area (Å²) in [7, 11) is 1.64. The van der Waals surface area contributed by atoms with Gasteiger partial charge in [-0.25, -0.2) is 9.78 Å². The quantitative estimate of drug-likeness (QED) is 0.319. The molecule has 1 aromatic carbocycles. The van der Waals surface area contributed by atoms with Gasteiger partial charge in [0.2, 0.25) is 0 Å². The molecule has 2 atom stereocenters. The fraction of sp³-hybridized carbons (Fsp3) is 0.531. The second kappa shape index (κ2) is 11.9. The second-order valence-electron chi connectivity index (χ2n) is 12.3. The molecule has 5 rings (SSSR count). The minimum atomic E-state index is -0.489. The van der Waals surface area contributed by atoms with Gasteiger partial charge in [-0.3, -0.25) is 4.98 Å². The Morgan fingerprint density at radius 3 is 2.58 bits per heavy atom. The molecule has 3 heterocycles. The lowest BCUT2D eigenvalue weighted by Gasteiger charge is -2.43. The Bertz CT molecular complexity index is 1280. The number of piperidine rings is 1. The molecule has 214 valence electrons. The van der Waals surface area contributed by atoms with Gasteiger partial charge in [0.05, 0.1) is 37.4 Å². The summed E-state index contributed by atoms with van der Waals surface area (Å²) in [6.07, 6.45) is 13.0. The van der Waals surface area contributed by atoms with Crippen molar-refractivity contribution in [2.24, 2.45) is 5.92 Å². The number of aromatic nitrogens is 3. The van der Waals surface area contributed by atoms with E-state index in [1.54, 1.807) is 19.5 Å². The predicted octanol–water partition coefficient (Wildman–Crippen LogP) is 6.57. The van der Waals surface area contributed by atoms with Crippen LogP contribution in [0, 0.1) is 5.92 Å². The van der Waals surface area contributed by atoms with E-state index in [1.165, 1.54) is 30.5 Å². The van der Waals surface area contributed by atoms with Gasteiger partial charge in [0.1, 0.15) is 11.4 Å². The molecule has 0 spiro atoms. The van der Waals surface area contributed by atoms with E-state index in [2.05, 4.69) is 56.8 Å². The second-order valence-corrected chi connectivity index (χ2v) is 12.3. The number of nitrogens with zero attached hydrogens (tertiary/aromatic N) is 5. The first-order valence-corrected chi connectivity index (χ1v) is 14.6. The van der Waals surface area contributed by atoms with Crippen molar-refractivity contribution in [1.29, 1.82) is 0 Å². The van der Waals surface area contributed by atoms with Crippen LogP contribution in [0.15, 0.2) is 55.2 Å². The number of anilines is 1. The maximum Gasteiger partial charge on any atom is 0.410 e. The van der Waals surface area contributed by atoms with Crippen LogP contribution in [-0.4, -0.2) is 63.9 Å². The third-order valence-electron chi connectivity index (χ3n) is 8.18. The SMILES string of the molecule is COc1cncc(-c2cn(C(C)c3ccc(N4CCC[C@@H](N(CC5CCC5)C(=O)OC(C)(C)C)C4)cc3)cn2)c1. The minimum Gasteiger partial charge on any atom is -0.495 e. The lowest BCUT2D eigenvalue weighted by Crippen LogP contribution is -2.53. The molecule has 0 bridgehead atoms. The van der Waals surface area contributed by atoms with Gasteiger partial charge in [-0.2, -0.15) is 0 Å². The van der Waals surface area contributed by atoms with Crippen LogP contribution in [0.4, 0.5) is 10.5 Å². The summed E-state index contributed by atoms with van der Waals surface area (Å²) in [5.74, 6) is 1.32. The maximum absolute atomic E-state index is 13.2. The summed E-state index contributed by atoms with van der Waals surface area (Å²) in [6, 6.07) is 11.1. The van der Waals surface area contributed by atoms with Crippen molar-refractivity contribution in [3.63, 3.8) is 0 Å². The summed E-state index contributed by atoms with van der Waals surface area (Å²) in [5, 5.41) is 0. The summed E-state index contributed by atoms with van der Waals surface area (Å²) in [5.41, 5.74) is 3.72. The van der Waals surface area contributed by atoms with Crippen LogP contribution in [0.3, 0.4) is 0 Å². The first-order chi connectivity index (χ1) is 19.2. The van der Waals surface area contributed by atoms with Gasteiger partial charge in [0.15, 0.2) is 0 Å². The molecular formula is C32H43N5O3. The molecule has 40 heavy (non-hydrogen) atoms. The Balaban J connectivity index is 1.26. The van der Waals surface area contributed by atoms with E-state index in [4.69, 9.17) is 9.47 Å². The minimum absolute atomic E-state index is 0.133. The van der Waals surface area contributed by atoms with Crippen LogP contribution < -0.4 is 9.64 Å². The molecule has 1 aliphatic carbocycles. The van der Waals surface area contributed by atoms with Crippen molar-refractivity contribution in [1.82, 2.24) is 19.4 Å². The molecule has 0 N–H and O–H groups in total. The average molecular weight is 546 g/mol. The Morgan fingerprint density at radius 1 is 1.12 bits per heavy atom. The molecule has 0 radical (unpaired) electrons. The topological polar surface area (TPSA) is 72.7 Å². The number of benzene rings is 1. The van der Waals surface area contributed by atoms with Gasteiger partial charge >= 0.3 is 6.09 Å². The molecule has 2 aliphatic rings. The van der Waals surface area contributed by atoms with E-state index in [0.29, 0.717) is 11.7 Å². The van der Waals surface area contributed by atoms with Crippen molar-refractivity contribution < 1.29 is 14.3 Å². The zero-order valence-corrected chi connectivity index (χ0v) is 24.5. The maximum atomic E-state index is 13.2. The Hall–Kier alpha value is -3.55. The van der Waals surface area contributed by atoms with Gasteiger partial charge in [-0.05, 0) is 83.1 Å². The predicted molar refractivity (Wildman–Crippen MR) is 158 cm³/mol. The molecule has 1 amide bonds. The number of imidazole rings is 1. The largest absolute Gasteiger partial charge is 0.495 e. The van der Waals surface area contributed by atoms with Crippen molar-refractivity contribution >= 4 is 11.8 Å². The van der Waals surface area contributed by atoms with Gasteiger partial charge in [-0.1, -0.05) is 18.6 Å². The number of hydrogen-bond donors (Lipinski definition) is 0. The number of pyridine rings is 1. The molecule has 8 nitrogen and oxygen atoms in total. The van der Waals surface area contributed by atoms with Crippen LogP contribution >= 0.6 is 0 Å². The van der Waals surface area contributed by atoms with Crippen LogP contribution in [0.25, 0.3) is 11.3 Å². The van der Waals surface area contributed by atoms with Crippen molar-refractivity contribution in [3.05, 3.63) is 60.8 Å². The average Bonchev–Trinajstić information content (AvgIpc) is 3.42. The third kappa shape index (κ3) is 6.60. The third-order valence-corrected chi connectivity index (χ3v) is 8.18. The van der Waals surface area contributed by atoms with Crippen LogP contribution in [0.1, 0.15) is 71.4 Å². The van der Waals surface area contributed by atoms with Gasteiger partial charge in [0.25, 0.3) is 0 Å². The standard InChI is InChI=1S/C32H43N5O3/c1-23(36-21-30(34-22-36)26-16-29(39-5)18-33-17-26)25-11-13-27(14-12-25)35-15-7-10-28(20-35)37(19-24-8-6-9-24)31(38)40-32(2,3)4/h11-14,16-18,21-24,28H,6-10,15,19-20H2,1-5H3/t23?,28-/m1/s1. The lowest BCUT2D eigenvalue weighted by molar-refractivity contribution is 0.00736. The zero-order chi connectivity index (χ0) is 28.3. The molecule has 2 aromatic heterocycles. The number of amides is 1. The molecule has 1 saturated carbocycles. The van der Waals surface area contributed by atoms with Crippen molar-refractivity contribution in [2.45, 2.75) is 77.5 Å². The fourth-order valence-corrected chi connectivity index (χ4v) is 5.59. The number of carbonyl (C=O) groups is 1. The highest BCUT2D eigenvalue weighted by atomic mass is 16.6. The van der Waals surface area contributed by atoms with Crippen LogP contribution in [-0.2, 0) is 4.74 Å². The monoisotopic (exact) mass is 545 g/mol. The first-order valence-electron chi connectivity index (χ1n) is 14.6. The van der Waals surface area contributed by atoms with Crippen LogP contribution in [0.2, 0.25) is 0 Å². The number of methoxy groups -OCH3 is 1. The molecule has 1 saturated heterocycles. The molecular weight excluding hydrogens is 502 g/mol. The lowest BCUT2D eigenvalue weighted by atomic mass is 9.84. The molecule has 3 aromatic rings. The van der Waals surface area contributed by atoms with Crippen molar-refractivity contribution in [2.75, 3.05) is 31.6 Å². The number of ether oxygens (including phenoxy) is 2. The molecule has 2 fully saturated rings. The van der Waals surface area contributed by atoms with E-state index in [9.17, 15) is 4.79 Å². The van der Waals surface area contributed by atoms with Gasteiger partial charge in [-0.15, -0.1) is 0 Å². The number of rotatable bonds is 8. The molecule has 1 aliphatic heterocycles. The highest BCUT2D eigenvalue weighted by Crippen LogP contribution is 2.31. The zero-order valence-electron chi connectivity index (χ0n) is 24.5. The summed E-state index contributed by atoms with van der Waals surface area (Å²) < 4.78 is 13.3. The van der Waals surface area contributed by atoms with E-state index in [-0.39, 0.29) is 18.2 Å². The number of hydrogen-bond acceptors (Lipinski definition) is 6. The Kier molecular flexibility index (Phi) is 8.33. The van der Waals surface area contributed by atoms with E-state index in [1.807, 2.05) is 38.1 Å². The number of carbonyl (C=O) groups excluding carboxylic acids is 1. The van der Waals surface area contributed by atoms with Crippen LogP contribution in [0.5, 0.6) is 5.75 Å². The van der Waals surface area contributed by atoms with Gasteiger partial charge < -0.3 is 23.8 Å². The van der Waals surface area contributed by atoms with Gasteiger partial charge in [0, 0.05) is 43.3 Å². The smallest absolute Gasteiger partial charge is 0.410 e. The van der Waals surface area contributed by atoms with E-state index in [0.717, 1.165) is 43.7 Å². The van der Waals surface area contributed by atoms with E-state index >= 15 is 0 Å². The highest BCUT2D eigenvalue weighted by Gasteiger charge is 2.34.